The van der Waals surface area contributed by atoms with Gasteiger partial charge in [0.25, 0.3) is 0 Å². The molecule has 0 aromatic heterocycles. The minimum absolute atomic E-state index is 0.0299. The first-order chi connectivity index (χ1) is 12.0. The van der Waals surface area contributed by atoms with Crippen LogP contribution in [0.1, 0.15) is 50.6 Å². The predicted octanol–water partition coefficient (Wildman–Crippen LogP) is 1.98. The van der Waals surface area contributed by atoms with E-state index in [1.807, 2.05) is 6.07 Å². The van der Waals surface area contributed by atoms with Crippen molar-refractivity contribution in [3.05, 3.63) is 35.9 Å². The molecule has 1 aliphatic heterocycles. The molecule has 5 nitrogen and oxygen atoms in total. The Morgan fingerprint density at radius 1 is 1.36 bits per heavy atom. The molecule has 2 unspecified atom stereocenters. The van der Waals surface area contributed by atoms with Gasteiger partial charge in [-0.15, -0.1) is 0 Å². The van der Waals surface area contributed by atoms with E-state index in [0.29, 0.717) is 18.1 Å². The average molecular weight is 337 g/mol. The van der Waals surface area contributed by atoms with Gasteiger partial charge in [0, 0.05) is 24.4 Å². The maximum Gasteiger partial charge on any atom is 0.112 e. The summed E-state index contributed by atoms with van der Waals surface area (Å²) < 4.78 is 0. The van der Waals surface area contributed by atoms with E-state index in [4.69, 9.17) is 19.3 Å². The number of nitrogens with two attached hydrogens (primary N) is 2. The second-order valence-corrected chi connectivity index (χ2v) is 7.26. The maximum absolute atomic E-state index is 6.34. The van der Waals surface area contributed by atoms with Gasteiger partial charge >= 0.3 is 0 Å². The van der Waals surface area contributed by atoms with Crippen LogP contribution in [0.3, 0.4) is 0 Å². The van der Waals surface area contributed by atoms with Crippen molar-refractivity contribution in [3.8, 4) is 0 Å². The molecule has 0 bridgehead atoms. The molecule has 1 aliphatic carbocycles. The zero-order chi connectivity index (χ0) is 17.9. The van der Waals surface area contributed by atoms with Crippen LogP contribution in [0.4, 0.5) is 0 Å². The van der Waals surface area contributed by atoms with Crippen molar-refractivity contribution in [2.45, 2.75) is 56.5 Å². The normalized spacial score (nSPS) is 25.6. The van der Waals surface area contributed by atoms with Crippen LogP contribution in [-0.2, 0) is 0 Å². The van der Waals surface area contributed by atoms with E-state index in [1.165, 1.54) is 5.56 Å². The lowest BCUT2D eigenvalue weighted by atomic mass is 9.77. The summed E-state index contributed by atoms with van der Waals surface area (Å²) in [5.74, 6) is 1.23. The average Bonchev–Trinajstić information content (AvgIpc) is 3.02. The summed E-state index contributed by atoms with van der Waals surface area (Å²) in [7, 11) is 6.34. The first-order valence-corrected chi connectivity index (χ1v) is 9.22. The van der Waals surface area contributed by atoms with Crippen LogP contribution in [0.2, 0.25) is 0 Å². The fourth-order valence-corrected chi connectivity index (χ4v) is 3.96. The molecular weight excluding hydrogens is 309 g/mol. The highest BCUT2D eigenvalue weighted by Gasteiger charge is 2.32. The van der Waals surface area contributed by atoms with E-state index >= 15 is 0 Å². The summed E-state index contributed by atoms with van der Waals surface area (Å²) in [4.78, 5) is 11.5. The summed E-state index contributed by atoms with van der Waals surface area (Å²) in [6.07, 6.45) is 4.64. The molecule has 1 heterocycles. The van der Waals surface area contributed by atoms with Gasteiger partial charge in [0.15, 0.2) is 0 Å². The van der Waals surface area contributed by atoms with Gasteiger partial charge in [-0.05, 0) is 25.3 Å². The largest absolute Gasteiger partial charge is 0.387 e. The Balaban J connectivity index is 1.77. The van der Waals surface area contributed by atoms with Gasteiger partial charge in [-0.3, -0.25) is 14.9 Å². The van der Waals surface area contributed by atoms with Gasteiger partial charge in [-0.2, -0.15) is 0 Å². The minimum atomic E-state index is -0.486. The van der Waals surface area contributed by atoms with Crippen molar-refractivity contribution < 1.29 is 0 Å². The van der Waals surface area contributed by atoms with Crippen molar-refractivity contribution in [1.29, 1.82) is 0 Å². The van der Waals surface area contributed by atoms with Crippen molar-refractivity contribution >= 4 is 19.5 Å². The fourth-order valence-electron chi connectivity index (χ4n) is 3.96. The first kappa shape index (κ1) is 18.0. The van der Waals surface area contributed by atoms with Crippen LogP contribution in [0.5, 0.6) is 0 Å². The fraction of sp³-hybridized carbons (Fsp3) is 0.579. The number of amidine groups is 2. The van der Waals surface area contributed by atoms with E-state index in [9.17, 15) is 0 Å². The Bertz CT molecular complexity index is 636. The molecule has 0 saturated heterocycles. The van der Waals surface area contributed by atoms with E-state index in [0.717, 1.165) is 38.8 Å². The Kier molecular flexibility index (Phi) is 5.47. The molecular formula is C19H28BN5. The van der Waals surface area contributed by atoms with E-state index in [2.05, 4.69) is 46.1 Å². The van der Waals surface area contributed by atoms with Gasteiger partial charge in [0.2, 0.25) is 0 Å². The van der Waals surface area contributed by atoms with Crippen LogP contribution >= 0.6 is 0 Å². The Labute approximate surface area is 152 Å². The number of hydrogen-bond acceptors (Lipinski definition) is 4. The zero-order valence-corrected chi connectivity index (χ0v) is 15.1. The third-order valence-corrected chi connectivity index (χ3v) is 5.41. The Morgan fingerprint density at radius 3 is 2.72 bits per heavy atom. The second kappa shape index (κ2) is 7.60. The van der Waals surface area contributed by atoms with Gasteiger partial charge in [0.05, 0.1) is 18.4 Å². The molecule has 2 atom stereocenters. The topological polar surface area (TPSA) is 80.0 Å². The lowest BCUT2D eigenvalue weighted by Gasteiger charge is -2.38. The quantitative estimate of drug-likeness (QED) is 0.490. The van der Waals surface area contributed by atoms with Crippen LogP contribution in [-0.4, -0.2) is 49.0 Å². The summed E-state index contributed by atoms with van der Waals surface area (Å²) in [5.41, 5.74) is 13.3. The lowest BCUT2D eigenvalue weighted by molar-refractivity contribution is 0.181. The number of hydrogen-bond donors (Lipinski definition) is 2. The molecule has 0 spiro atoms. The van der Waals surface area contributed by atoms with E-state index < -0.39 is 5.44 Å². The van der Waals surface area contributed by atoms with E-state index in [1.54, 1.807) is 0 Å². The number of benzene rings is 1. The molecule has 1 saturated carbocycles. The second-order valence-electron chi connectivity index (χ2n) is 7.26. The summed E-state index contributed by atoms with van der Waals surface area (Å²) in [5, 5.41) is 0. The SMILES string of the molecule is [B]C1(N=C(N)CC2C(N)=NCCN2C(C)c2ccccc2)CCCC1. The molecule has 2 aliphatic rings. The third kappa shape index (κ3) is 4.24. The first-order valence-electron chi connectivity index (χ1n) is 9.22. The van der Waals surface area contributed by atoms with Crippen molar-refractivity contribution in [2.75, 3.05) is 13.1 Å². The molecule has 2 radical (unpaired) electrons. The van der Waals surface area contributed by atoms with Crippen LogP contribution < -0.4 is 11.5 Å². The molecule has 3 rings (SSSR count). The number of nitrogens with zero attached hydrogens (tertiary/aromatic N) is 3. The Hall–Kier alpha value is -1.82. The van der Waals surface area contributed by atoms with Crippen LogP contribution in [0.15, 0.2) is 40.3 Å². The van der Waals surface area contributed by atoms with Crippen LogP contribution in [0, 0.1) is 0 Å². The molecule has 1 aromatic rings. The summed E-state index contributed by atoms with van der Waals surface area (Å²) >= 11 is 0. The lowest BCUT2D eigenvalue weighted by Crippen LogP contribution is -2.52. The summed E-state index contributed by atoms with van der Waals surface area (Å²) in [6, 6.07) is 10.7. The number of rotatable bonds is 5. The van der Waals surface area contributed by atoms with Gasteiger partial charge in [-0.25, -0.2) is 0 Å². The molecule has 4 N–H and O–H groups in total. The van der Waals surface area contributed by atoms with Gasteiger partial charge in [-0.1, -0.05) is 43.2 Å². The zero-order valence-electron chi connectivity index (χ0n) is 15.1. The molecule has 132 valence electrons. The van der Waals surface area contributed by atoms with Crippen LogP contribution in [0.25, 0.3) is 0 Å². The minimum Gasteiger partial charge on any atom is -0.387 e. The molecule has 0 amide bonds. The number of aliphatic imine (C=N–C) groups is 2. The molecule has 1 aromatic carbocycles. The smallest absolute Gasteiger partial charge is 0.112 e. The van der Waals surface area contributed by atoms with Crippen molar-refractivity contribution in [2.24, 2.45) is 21.5 Å². The summed E-state index contributed by atoms with van der Waals surface area (Å²) in [6.45, 7) is 3.79. The molecule has 6 heteroatoms. The maximum atomic E-state index is 6.34. The third-order valence-electron chi connectivity index (χ3n) is 5.41. The highest BCUT2D eigenvalue weighted by atomic mass is 15.2. The van der Waals surface area contributed by atoms with E-state index in [-0.39, 0.29) is 12.1 Å². The molecule has 1 fully saturated rings. The highest BCUT2D eigenvalue weighted by molar-refractivity contribution is 6.16. The van der Waals surface area contributed by atoms with Crippen molar-refractivity contribution in [3.63, 3.8) is 0 Å². The Morgan fingerprint density at radius 2 is 2.04 bits per heavy atom. The van der Waals surface area contributed by atoms with Crippen molar-refractivity contribution in [1.82, 2.24) is 4.90 Å². The highest BCUT2D eigenvalue weighted by Crippen LogP contribution is 2.31. The monoisotopic (exact) mass is 337 g/mol. The predicted molar refractivity (Wildman–Crippen MR) is 105 cm³/mol. The van der Waals surface area contributed by atoms with Gasteiger partial charge in [0.1, 0.15) is 13.7 Å². The standard InChI is InChI=1S/C19H28BN5/c1-14(15-7-3-2-4-8-15)25-12-11-23-18(22)16(25)13-17(21)24-19(20)9-5-6-10-19/h2-4,7-8,14,16H,5-6,9-13H2,1H3,(H2,21,24)(H2,22,23). The van der Waals surface area contributed by atoms with Gasteiger partial charge < -0.3 is 11.5 Å². The molecule has 25 heavy (non-hydrogen) atoms.